The first-order valence-electron chi connectivity index (χ1n) is 19.2. The summed E-state index contributed by atoms with van der Waals surface area (Å²) in [5, 5.41) is 5.80. The summed E-state index contributed by atoms with van der Waals surface area (Å²) in [4.78, 5) is 86.0. The first-order valence-corrected chi connectivity index (χ1v) is 19.6. The second-order valence-electron chi connectivity index (χ2n) is 15.2. The highest BCUT2D eigenvalue weighted by Crippen LogP contribution is 2.33. The van der Waals surface area contributed by atoms with Crippen molar-refractivity contribution in [2.24, 2.45) is 0 Å². The van der Waals surface area contributed by atoms with Crippen LogP contribution in [0, 0.1) is 6.57 Å². The van der Waals surface area contributed by atoms with Crippen LogP contribution in [0.2, 0.25) is 5.02 Å². The Hall–Kier alpha value is -5.58. The number of imide groups is 2. The third-order valence-electron chi connectivity index (χ3n) is 11.7. The molecule has 5 aliphatic rings. The molecule has 0 aromatic heterocycles. The third-order valence-corrected chi connectivity index (χ3v) is 12.0. The summed E-state index contributed by atoms with van der Waals surface area (Å²) >= 11 is 6.17. The number of rotatable bonds is 7. The van der Waals surface area contributed by atoms with Gasteiger partial charge in [-0.05, 0) is 110 Å². The molecule has 2 fully saturated rings. The fraction of sp³-hybridized carbons (Fsp3) is 0.405. The number of amides is 6. The minimum Gasteiger partial charge on any atom is -0.490 e. The van der Waals surface area contributed by atoms with Gasteiger partial charge in [-0.15, -0.1) is 0 Å². The predicted molar refractivity (Wildman–Crippen MR) is 204 cm³/mol. The number of halogens is 1. The molecule has 4 aliphatic heterocycles. The van der Waals surface area contributed by atoms with Crippen LogP contribution in [-0.2, 0) is 40.2 Å². The van der Waals surface area contributed by atoms with E-state index in [0.717, 1.165) is 53.7 Å². The molecule has 4 heterocycles. The van der Waals surface area contributed by atoms with Crippen LogP contribution in [0.4, 0.5) is 5.69 Å². The van der Waals surface area contributed by atoms with Gasteiger partial charge in [0.05, 0.1) is 35.4 Å². The number of hydrogen-bond donors (Lipinski definition) is 2. The topological polar surface area (TPSA) is 150 Å². The second kappa shape index (κ2) is 15.5. The molecule has 8 rings (SSSR count). The zero-order valence-electron chi connectivity index (χ0n) is 30.8. The molecule has 3 aromatic carbocycles. The minimum absolute atomic E-state index is 0.0170. The van der Waals surface area contributed by atoms with Gasteiger partial charge >= 0.3 is 0 Å². The molecule has 0 spiro atoms. The van der Waals surface area contributed by atoms with E-state index in [-0.39, 0.29) is 54.5 Å². The molecule has 6 amide bonds. The molecule has 288 valence electrons. The van der Waals surface area contributed by atoms with Crippen molar-refractivity contribution in [1.29, 1.82) is 0 Å². The van der Waals surface area contributed by atoms with Crippen LogP contribution < -0.4 is 15.4 Å². The Morgan fingerprint density at radius 2 is 1.52 bits per heavy atom. The van der Waals surface area contributed by atoms with Crippen molar-refractivity contribution in [3.63, 3.8) is 0 Å². The summed E-state index contributed by atoms with van der Waals surface area (Å²) in [5.41, 5.74) is 5.48. The van der Waals surface area contributed by atoms with Crippen LogP contribution in [-0.4, -0.2) is 94.5 Å². The Bertz CT molecular complexity index is 2210. The van der Waals surface area contributed by atoms with Crippen LogP contribution in [0.25, 0.3) is 4.85 Å². The van der Waals surface area contributed by atoms with Crippen LogP contribution in [0.5, 0.6) is 5.75 Å². The standard InChI is InChI=1S/C42H41ClN6O7/c1-44-35-9-8-31(21-34(35)43)56-30-6-4-29(5-7-30)45-39(52)27-3-2-24-12-15-47(16-13-25(24)18-27)23-38(51)48-17-14-26-19-32-33(20-28(26)22-48)42(55)49(41(32)54)36-10-11-37(50)46-40(36)53/h2-3,8-9,18-21,29-30,36H,4-7,10-17,22-23H2,(H,45,52)(H,46,50,53). The Morgan fingerprint density at radius 3 is 2.23 bits per heavy atom. The SMILES string of the molecule is [C-]#[N+]c1ccc(OC2CCC(NC(=O)c3ccc4c(c3)CCN(CC(=O)N3CCc5cc6c(cc5C3)C(=O)N(C3CCC(=O)NC3=O)C6=O)CC4)CC2)cc1Cl. The van der Waals surface area contributed by atoms with Crippen LogP contribution >= 0.6 is 11.6 Å². The van der Waals surface area contributed by atoms with Gasteiger partial charge in [0.1, 0.15) is 11.8 Å². The maximum absolute atomic E-state index is 13.6. The summed E-state index contributed by atoms with van der Waals surface area (Å²) in [6, 6.07) is 13.4. The summed E-state index contributed by atoms with van der Waals surface area (Å²) in [7, 11) is 0. The molecule has 3 aromatic rings. The molecule has 56 heavy (non-hydrogen) atoms. The molecule has 14 heteroatoms. The van der Waals surface area contributed by atoms with Crippen molar-refractivity contribution in [1.82, 2.24) is 25.3 Å². The molecular weight excluding hydrogens is 736 g/mol. The van der Waals surface area contributed by atoms with Crippen LogP contribution in [0.3, 0.4) is 0 Å². The molecule has 13 nitrogen and oxygen atoms in total. The molecule has 1 saturated carbocycles. The molecule has 1 unspecified atom stereocenters. The zero-order valence-corrected chi connectivity index (χ0v) is 31.5. The molecule has 2 N–H and O–H groups in total. The van der Waals surface area contributed by atoms with Crippen LogP contribution in [0.15, 0.2) is 48.5 Å². The second-order valence-corrected chi connectivity index (χ2v) is 15.6. The molecule has 0 radical (unpaired) electrons. The molecule has 1 saturated heterocycles. The number of carbonyl (C=O) groups is 6. The van der Waals surface area contributed by atoms with E-state index < -0.39 is 29.7 Å². The maximum Gasteiger partial charge on any atom is 0.262 e. The number of ether oxygens (including phenoxy) is 1. The van der Waals surface area contributed by atoms with E-state index in [1.807, 2.05) is 18.2 Å². The van der Waals surface area contributed by atoms with Crippen molar-refractivity contribution in [2.45, 2.75) is 82.5 Å². The lowest BCUT2D eigenvalue weighted by Gasteiger charge is -2.31. The minimum atomic E-state index is -1.03. The number of nitrogens with zero attached hydrogens (tertiary/aromatic N) is 4. The van der Waals surface area contributed by atoms with Gasteiger partial charge in [0, 0.05) is 44.2 Å². The zero-order chi connectivity index (χ0) is 39.1. The van der Waals surface area contributed by atoms with E-state index in [9.17, 15) is 28.8 Å². The summed E-state index contributed by atoms with van der Waals surface area (Å²) in [6.07, 6.45) is 5.35. The fourth-order valence-corrected chi connectivity index (χ4v) is 8.75. The smallest absolute Gasteiger partial charge is 0.262 e. The number of piperidine rings is 1. The highest BCUT2D eigenvalue weighted by Gasteiger charge is 2.45. The third kappa shape index (κ3) is 7.51. The van der Waals surface area contributed by atoms with Crippen molar-refractivity contribution in [3.8, 4) is 5.75 Å². The molecular formula is C42H41ClN6O7. The van der Waals surface area contributed by atoms with Gasteiger partial charge in [0.15, 0.2) is 0 Å². The Balaban J connectivity index is 0.826. The van der Waals surface area contributed by atoms with Gasteiger partial charge in [0.2, 0.25) is 23.4 Å². The number of carbonyl (C=O) groups excluding carboxylic acids is 6. The molecule has 0 bridgehead atoms. The summed E-state index contributed by atoms with van der Waals surface area (Å²) in [6.45, 7) is 9.58. The van der Waals surface area contributed by atoms with Gasteiger partial charge in [-0.25, -0.2) is 4.85 Å². The lowest BCUT2D eigenvalue weighted by atomic mass is 9.92. The first-order chi connectivity index (χ1) is 27.0. The quantitative estimate of drug-likeness (QED) is 0.265. The van der Waals surface area contributed by atoms with Gasteiger partial charge < -0.3 is 15.0 Å². The largest absolute Gasteiger partial charge is 0.490 e. The van der Waals surface area contributed by atoms with Gasteiger partial charge in [-0.2, -0.15) is 0 Å². The fourth-order valence-electron chi connectivity index (χ4n) is 8.54. The average Bonchev–Trinajstić information content (AvgIpc) is 3.30. The number of fused-ring (bicyclic) bond motifs is 3. The summed E-state index contributed by atoms with van der Waals surface area (Å²) in [5.74, 6) is -1.63. The molecule has 1 aliphatic carbocycles. The maximum atomic E-state index is 13.6. The van der Waals surface area contributed by atoms with Gasteiger partial charge in [-0.1, -0.05) is 23.7 Å². The van der Waals surface area contributed by atoms with Crippen molar-refractivity contribution in [2.75, 3.05) is 26.2 Å². The van der Waals surface area contributed by atoms with Crippen molar-refractivity contribution < 1.29 is 33.5 Å². The first kappa shape index (κ1) is 37.3. The Morgan fingerprint density at radius 1 is 0.821 bits per heavy atom. The lowest BCUT2D eigenvalue weighted by Crippen LogP contribution is -2.54. The van der Waals surface area contributed by atoms with Gasteiger partial charge in [0.25, 0.3) is 17.7 Å². The van der Waals surface area contributed by atoms with E-state index in [2.05, 4.69) is 20.4 Å². The van der Waals surface area contributed by atoms with Crippen molar-refractivity contribution in [3.05, 3.63) is 104 Å². The van der Waals surface area contributed by atoms with Crippen LogP contribution in [0.1, 0.15) is 91.9 Å². The van der Waals surface area contributed by atoms with E-state index >= 15 is 0 Å². The molecule has 1 atom stereocenters. The average molecular weight is 777 g/mol. The Kier molecular flexibility index (Phi) is 10.3. The van der Waals surface area contributed by atoms with Gasteiger partial charge in [-0.3, -0.25) is 43.9 Å². The highest BCUT2D eigenvalue weighted by atomic mass is 35.5. The monoisotopic (exact) mass is 776 g/mol. The van der Waals surface area contributed by atoms with E-state index in [1.165, 1.54) is 5.56 Å². The normalized spacial score (nSPS) is 22.3. The number of benzene rings is 3. The number of nitrogens with one attached hydrogen (secondary N) is 2. The highest BCUT2D eigenvalue weighted by molar-refractivity contribution is 6.33. The predicted octanol–water partition coefficient (Wildman–Crippen LogP) is 4.40. The number of hydrogen-bond acceptors (Lipinski definition) is 8. The summed E-state index contributed by atoms with van der Waals surface area (Å²) < 4.78 is 6.11. The van der Waals surface area contributed by atoms with Crippen molar-refractivity contribution >= 4 is 52.7 Å². The lowest BCUT2D eigenvalue weighted by molar-refractivity contribution is -0.136. The van der Waals surface area contributed by atoms with E-state index in [4.69, 9.17) is 22.9 Å². The Labute approximate surface area is 329 Å². The van der Waals surface area contributed by atoms with E-state index in [0.29, 0.717) is 61.0 Å². The van der Waals surface area contributed by atoms with E-state index in [1.54, 1.807) is 35.2 Å².